The number of hydrogen-bond acceptors (Lipinski definition) is 4. The summed E-state index contributed by atoms with van der Waals surface area (Å²) in [6, 6.07) is 20.6. The van der Waals surface area contributed by atoms with Gasteiger partial charge in [-0.3, -0.25) is 19.1 Å². The predicted molar refractivity (Wildman–Crippen MR) is 146 cm³/mol. The van der Waals surface area contributed by atoms with Crippen LogP contribution in [0.4, 0.5) is 19.1 Å². The smallest absolute Gasteiger partial charge is 0.433 e. The van der Waals surface area contributed by atoms with Gasteiger partial charge in [0.15, 0.2) is 5.69 Å². The molecule has 11 heteroatoms. The van der Waals surface area contributed by atoms with E-state index in [4.69, 9.17) is 27.9 Å². The minimum atomic E-state index is -4.89. The Morgan fingerprint density at radius 2 is 1.32 bits per heavy atom. The van der Waals surface area contributed by atoms with E-state index in [1.165, 1.54) is 7.11 Å². The molecule has 0 aliphatic carbocycles. The first-order chi connectivity index (χ1) is 19.0. The maximum atomic E-state index is 14.4. The zero-order valence-electron chi connectivity index (χ0n) is 21.1. The highest BCUT2D eigenvalue weighted by atomic mass is 35.5. The Bertz CT molecular complexity index is 1560. The van der Waals surface area contributed by atoms with Crippen LogP contribution in [0.3, 0.4) is 0 Å². The van der Waals surface area contributed by atoms with E-state index < -0.39 is 28.9 Å². The van der Waals surface area contributed by atoms with Crippen molar-refractivity contribution in [3.8, 4) is 5.75 Å². The summed E-state index contributed by atoms with van der Waals surface area (Å²) in [5, 5.41) is 0.951. The van der Waals surface area contributed by atoms with Crippen LogP contribution in [0.1, 0.15) is 22.4 Å². The predicted octanol–water partition coefficient (Wildman–Crippen LogP) is 6.31. The summed E-state index contributed by atoms with van der Waals surface area (Å²) in [7, 11) is 1.51. The fourth-order valence-corrected chi connectivity index (χ4v) is 5.20. The van der Waals surface area contributed by atoms with E-state index in [-0.39, 0.29) is 25.3 Å². The standard InChI is InChI=1S/C29H22Cl2F3N3O3/c1-40-23-12-6-20(7-13-23)17-36-26(39)28(15-18-2-8-21(30)9-3-18,16-19-4-10-22(31)11-5-19)37-25(38)14-24(29(32,33)34)35-27(36)37/h2-14H,15-17H2,1H3. The molecule has 1 amide bonds. The first-order valence-corrected chi connectivity index (χ1v) is 12.9. The Balaban J connectivity index is 1.71. The minimum Gasteiger partial charge on any atom is -0.497 e. The SMILES string of the molecule is COc1ccc(CN2C(=O)C(Cc3ccc(Cl)cc3)(Cc3ccc(Cl)cc3)n3c2nc(C(F)(F)F)cc3=O)cc1. The molecule has 206 valence electrons. The minimum absolute atomic E-state index is 0.00466. The summed E-state index contributed by atoms with van der Waals surface area (Å²) in [6.07, 6.45) is -4.88. The first-order valence-electron chi connectivity index (χ1n) is 12.2. The molecule has 0 spiro atoms. The molecule has 0 radical (unpaired) electrons. The number of hydrogen-bond donors (Lipinski definition) is 0. The summed E-state index contributed by atoms with van der Waals surface area (Å²) in [5.74, 6) is -0.355. The molecule has 4 aromatic rings. The zero-order chi connectivity index (χ0) is 28.7. The molecule has 0 atom stereocenters. The molecule has 0 saturated heterocycles. The number of anilines is 1. The molecule has 6 nitrogen and oxygen atoms in total. The molecule has 40 heavy (non-hydrogen) atoms. The second kappa shape index (κ2) is 10.6. The van der Waals surface area contributed by atoms with E-state index in [9.17, 15) is 22.8 Å². The third-order valence-electron chi connectivity index (χ3n) is 6.82. The Morgan fingerprint density at radius 1 is 0.825 bits per heavy atom. The van der Waals surface area contributed by atoms with E-state index in [0.717, 1.165) is 9.47 Å². The number of nitrogens with zero attached hydrogens (tertiary/aromatic N) is 3. The van der Waals surface area contributed by atoms with E-state index in [1.54, 1.807) is 72.8 Å². The van der Waals surface area contributed by atoms with Crippen LogP contribution in [0, 0.1) is 0 Å². The number of ether oxygens (including phenoxy) is 1. The Morgan fingerprint density at radius 3 is 1.80 bits per heavy atom. The van der Waals surface area contributed by atoms with Gasteiger partial charge < -0.3 is 4.74 Å². The van der Waals surface area contributed by atoms with Crippen molar-refractivity contribution in [2.45, 2.75) is 31.1 Å². The van der Waals surface area contributed by atoms with Crippen molar-refractivity contribution in [1.29, 1.82) is 0 Å². The molecule has 1 aliphatic heterocycles. The number of carbonyl (C=O) groups excluding carboxylic acids is 1. The third kappa shape index (κ3) is 5.31. The summed E-state index contributed by atoms with van der Waals surface area (Å²) >= 11 is 12.1. The average molecular weight is 588 g/mol. The quantitative estimate of drug-likeness (QED) is 0.254. The van der Waals surface area contributed by atoms with Gasteiger partial charge >= 0.3 is 6.18 Å². The maximum Gasteiger partial charge on any atom is 0.433 e. The van der Waals surface area contributed by atoms with Gasteiger partial charge in [-0.15, -0.1) is 0 Å². The number of carbonyl (C=O) groups is 1. The van der Waals surface area contributed by atoms with Crippen molar-refractivity contribution in [2.24, 2.45) is 0 Å². The van der Waals surface area contributed by atoms with E-state index >= 15 is 0 Å². The monoisotopic (exact) mass is 587 g/mol. The topological polar surface area (TPSA) is 64.4 Å². The van der Waals surface area contributed by atoms with Gasteiger partial charge in [0, 0.05) is 29.0 Å². The lowest BCUT2D eigenvalue weighted by Crippen LogP contribution is -2.49. The fraction of sp³-hybridized carbons (Fsp3) is 0.207. The van der Waals surface area contributed by atoms with Crippen LogP contribution >= 0.6 is 23.2 Å². The van der Waals surface area contributed by atoms with Crippen molar-refractivity contribution >= 4 is 35.1 Å². The van der Waals surface area contributed by atoms with E-state index in [2.05, 4.69) is 4.98 Å². The van der Waals surface area contributed by atoms with Gasteiger partial charge in [-0.25, -0.2) is 4.98 Å². The van der Waals surface area contributed by atoms with Gasteiger partial charge in [-0.05, 0) is 53.1 Å². The van der Waals surface area contributed by atoms with Crippen molar-refractivity contribution < 1.29 is 22.7 Å². The Kier molecular flexibility index (Phi) is 7.37. The van der Waals surface area contributed by atoms with Gasteiger partial charge in [0.2, 0.25) is 5.95 Å². The van der Waals surface area contributed by atoms with Crippen LogP contribution in [0.15, 0.2) is 83.7 Å². The second-order valence-corrected chi connectivity index (χ2v) is 10.4. The third-order valence-corrected chi connectivity index (χ3v) is 7.33. The molecular formula is C29H22Cl2F3N3O3. The average Bonchev–Trinajstić information content (AvgIpc) is 3.14. The van der Waals surface area contributed by atoms with Gasteiger partial charge in [-0.1, -0.05) is 59.6 Å². The van der Waals surface area contributed by atoms with Crippen LogP contribution in [0.5, 0.6) is 5.75 Å². The van der Waals surface area contributed by atoms with Gasteiger partial charge in [-0.2, -0.15) is 13.2 Å². The Hall–Kier alpha value is -3.82. The van der Waals surface area contributed by atoms with Crippen LogP contribution in [-0.2, 0) is 35.9 Å². The first kappa shape index (κ1) is 27.7. The van der Waals surface area contributed by atoms with Gasteiger partial charge in [0.05, 0.1) is 13.7 Å². The van der Waals surface area contributed by atoms with Crippen molar-refractivity contribution in [3.05, 3.63) is 122 Å². The molecule has 0 fully saturated rings. The van der Waals surface area contributed by atoms with Crippen LogP contribution < -0.4 is 15.2 Å². The number of rotatable bonds is 7. The largest absolute Gasteiger partial charge is 0.497 e. The molecule has 0 bridgehead atoms. The molecule has 0 saturated carbocycles. The van der Waals surface area contributed by atoms with Crippen molar-refractivity contribution in [1.82, 2.24) is 9.55 Å². The fourth-order valence-electron chi connectivity index (χ4n) is 4.94. The second-order valence-electron chi connectivity index (χ2n) is 9.49. The number of alkyl halides is 3. The number of halogens is 5. The zero-order valence-corrected chi connectivity index (χ0v) is 22.6. The number of amides is 1. The van der Waals surface area contributed by atoms with E-state index in [1.807, 2.05) is 0 Å². The summed E-state index contributed by atoms with van der Waals surface area (Å²) in [6.45, 7) is -0.112. The molecular weight excluding hydrogens is 566 g/mol. The van der Waals surface area contributed by atoms with Crippen molar-refractivity contribution in [3.63, 3.8) is 0 Å². The highest BCUT2D eigenvalue weighted by Gasteiger charge is 2.53. The lowest BCUT2D eigenvalue weighted by Gasteiger charge is -2.30. The molecule has 1 aliphatic rings. The Labute approximate surface area is 237 Å². The van der Waals surface area contributed by atoms with Crippen LogP contribution in [0.2, 0.25) is 10.0 Å². The van der Waals surface area contributed by atoms with Crippen LogP contribution in [0.25, 0.3) is 0 Å². The summed E-state index contributed by atoms with van der Waals surface area (Å²) in [5.41, 5.74) is -2.03. The van der Waals surface area contributed by atoms with Gasteiger partial charge in [0.1, 0.15) is 11.3 Å². The summed E-state index contributed by atoms with van der Waals surface area (Å²) < 4.78 is 47.6. The highest BCUT2D eigenvalue weighted by Crippen LogP contribution is 2.40. The number of aromatic nitrogens is 2. The summed E-state index contributed by atoms with van der Waals surface area (Å²) in [4.78, 5) is 32.9. The molecule has 3 aromatic carbocycles. The number of fused-ring (bicyclic) bond motifs is 1. The lowest BCUT2D eigenvalue weighted by molar-refractivity contribution is -0.141. The molecule has 0 N–H and O–H groups in total. The number of benzene rings is 3. The number of methoxy groups -OCH3 is 1. The molecule has 1 aromatic heterocycles. The molecule has 5 rings (SSSR count). The molecule has 2 heterocycles. The molecule has 0 unspecified atom stereocenters. The lowest BCUT2D eigenvalue weighted by atomic mass is 9.83. The normalized spacial score (nSPS) is 14.3. The highest BCUT2D eigenvalue weighted by molar-refractivity contribution is 6.30. The van der Waals surface area contributed by atoms with E-state index in [0.29, 0.717) is 38.6 Å². The maximum absolute atomic E-state index is 14.4. The van der Waals surface area contributed by atoms with Gasteiger partial charge in [0.25, 0.3) is 11.5 Å². The van der Waals surface area contributed by atoms with Crippen LogP contribution in [-0.4, -0.2) is 22.6 Å². The van der Waals surface area contributed by atoms with Crippen molar-refractivity contribution in [2.75, 3.05) is 12.0 Å².